The Hall–Kier alpha value is -18.6. The van der Waals surface area contributed by atoms with E-state index in [4.69, 9.17) is 6.42 Å². The topological polar surface area (TPSA) is 0 Å². The fraction of sp³-hybridized carbons (Fsp3) is 0. The minimum Gasteiger partial charge on any atom is -0.358 e. The van der Waals surface area contributed by atoms with E-state index in [1.807, 2.05) is 5.92 Å². The van der Waals surface area contributed by atoms with E-state index in [0.29, 0.717) is 0 Å². The molecule has 0 aromatic carbocycles. The summed E-state index contributed by atoms with van der Waals surface area (Å²) in [5.41, 5.74) is 0. The number of hydrogen-bond donors (Lipinski definition) is 0. The van der Waals surface area contributed by atoms with Gasteiger partial charge in [-0.05, 0) is 94.7 Å². The molecule has 0 heterocycles. The summed E-state index contributed by atoms with van der Waals surface area (Å²) in [6.45, 7) is 3.32. The highest BCUT2D eigenvalue weighted by molar-refractivity contribution is 5.54. The first-order valence-corrected chi connectivity index (χ1v) is 21.1. The molecule has 0 fully saturated rings. The van der Waals surface area contributed by atoms with Crippen LogP contribution < -0.4 is 0 Å². The molecule has 0 saturated carbocycles. The van der Waals surface area contributed by atoms with Gasteiger partial charge in [0.1, 0.15) is 0 Å². The summed E-state index contributed by atoms with van der Waals surface area (Å²) in [5, 5.41) is 0. The van der Waals surface area contributed by atoms with Crippen LogP contribution in [0, 0.1) is 505 Å². The van der Waals surface area contributed by atoms with Gasteiger partial charge in [0.15, 0.2) is 0 Å². The van der Waals surface area contributed by atoms with E-state index in [0.717, 1.165) is 0 Å². The Balaban J connectivity index is 4.62. The van der Waals surface area contributed by atoms with Gasteiger partial charge in [0.05, 0.1) is 0 Å². The fourth-order valence-corrected chi connectivity index (χ4v) is 2.54. The summed E-state index contributed by atoms with van der Waals surface area (Å²) in [6, 6.07) is 0. The van der Waals surface area contributed by atoms with E-state index < -0.39 is 0 Å². The Bertz CT molecular complexity index is 5820. The molecule has 0 N–H and O–H groups in total. The van der Waals surface area contributed by atoms with Gasteiger partial charge in [0.2, 0.25) is 0 Å². The number of rotatable bonds is 0. The number of hydrogen-bond acceptors (Lipinski definition) is 0. The molecule has 0 unspecified atom stereocenters. The highest BCUT2D eigenvalue weighted by Gasteiger charge is 1.65. The predicted molar refractivity (Wildman–Crippen MR) is 331 cm³/mol. The lowest BCUT2D eigenvalue weighted by atomic mass is 10.4. The van der Waals surface area contributed by atoms with Crippen molar-refractivity contribution in [2.45, 2.75) is 0 Å². The lowest BCUT2D eigenvalue weighted by Crippen LogP contribution is -1.57. The van der Waals surface area contributed by atoms with Crippen LogP contribution in [0.3, 0.4) is 0 Å². The average molecular weight is 1020 g/mol. The van der Waals surface area contributed by atoms with Crippen LogP contribution in [0.2, 0.25) is 0 Å². The fourth-order valence-electron chi connectivity index (χ4n) is 2.54. The maximum Gasteiger partial charge on any atom is 0 e. The predicted octanol–water partition coefficient (Wildman–Crippen LogP) is 0.550. The van der Waals surface area contributed by atoms with Crippen LogP contribution in [-0.2, 0) is 0 Å². The maximum atomic E-state index is 6.58. The van der Waals surface area contributed by atoms with Gasteiger partial charge in [-0.2, -0.15) is 6.92 Å². The normalized spacial score (nSPS) is 3.94. The van der Waals surface area contributed by atoms with E-state index in [2.05, 4.69) is 492 Å². The van der Waals surface area contributed by atoms with Crippen molar-refractivity contribution in [2.75, 3.05) is 0 Å². The summed E-state index contributed by atoms with van der Waals surface area (Å²) in [6.07, 6.45) is 6.58. The zero-order valence-corrected chi connectivity index (χ0v) is 42.7. The Kier molecular flexibility index (Phi) is 51.1. The molecule has 0 atom stereocenters. The first-order valence-electron chi connectivity index (χ1n) is 21.1. The van der Waals surface area contributed by atoms with Crippen molar-refractivity contribution in [2.24, 2.45) is 0 Å². The molecule has 0 spiro atoms. The highest BCUT2D eigenvalue weighted by Crippen LogP contribution is 1.66. The van der Waals surface area contributed by atoms with Crippen molar-refractivity contribution in [3.05, 3.63) is 13.3 Å². The smallest absolute Gasteiger partial charge is 0 e. The molecular formula is C85H2-2. The monoisotopic (exact) mass is 1020 g/mol. The van der Waals surface area contributed by atoms with Gasteiger partial charge >= 0.3 is 0 Å². The third kappa shape index (κ3) is 65.4. The van der Waals surface area contributed by atoms with Crippen LogP contribution in [0.4, 0.5) is 0 Å². The van der Waals surface area contributed by atoms with Gasteiger partial charge in [-0.25, -0.2) is 11.8 Å². The molecule has 0 heteroatoms. The first kappa shape index (κ1) is 66.4. The molecule has 0 aromatic heterocycles. The average Bonchev–Trinajstić information content (AvgIpc) is 3.51. The second kappa shape index (κ2) is 65.4. The SMILES string of the molecule is [C-]#CC#CC#CC#CC#CC#CC#CC#CC#CC#CC#CC#CC#CC#CC#CC#CC#CC#CC#CC#CC#CC#CC#CC#CC#CC#CC#CC#CC#CC#CC#CC#CC#CC#CC#CC#CC#CC#CC#CC#CC#CC#C[CH2-]. The summed E-state index contributed by atoms with van der Waals surface area (Å²) < 4.78 is 0. The van der Waals surface area contributed by atoms with Crippen LogP contribution in [-0.4, -0.2) is 0 Å². The summed E-state index contributed by atoms with van der Waals surface area (Å²) >= 11 is 0. The Morgan fingerprint density at radius 3 is 0.212 bits per heavy atom. The lowest BCUT2D eigenvalue weighted by molar-refractivity contribution is 2.31. The van der Waals surface area contributed by atoms with E-state index in [1.54, 1.807) is 0 Å². The van der Waals surface area contributed by atoms with Gasteiger partial charge in [0.25, 0.3) is 0 Å². The van der Waals surface area contributed by atoms with E-state index in [9.17, 15) is 0 Å². The Labute approximate surface area is 501 Å². The first-order chi connectivity index (χ1) is 42.4. The van der Waals surface area contributed by atoms with Gasteiger partial charge in [-0.3, -0.25) is 11.8 Å². The lowest BCUT2D eigenvalue weighted by Gasteiger charge is -1.64. The molecule has 0 saturated heterocycles. The van der Waals surface area contributed by atoms with E-state index in [1.165, 1.54) is 0 Å². The molecule has 0 aliphatic heterocycles. The summed E-state index contributed by atoms with van der Waals surface area (Å²) in [5.74, 6) is 206. The van der Waals surface area contributed by atoms with Crippen molar-refractivity contribution in [1.29, 1.82) is 0 Å². The van der Waals surface area contributed by atoms with Crippen LogP contribution in [0.25, 0.3) is 0 Å². The standard InChI is InChI=1S/C85H2/c1-3-5-7-9-11-13-15-17-19-21-23-25-27-29-31-33-35-37-39-41-43-45-47-49-51-53-55-57-59-61-63-65-67-69-71-73-75-77-79-81-83-85-84-82-80-78-76-74-72-70-68-66-64-62-60-58-56-54-52-50-48-46-44-42-40-38-36-34-32-30-28-26-24-22-20-18-16-14-12-10-8-6-4-2/h1H2/q-2. The maximum absolute atomic E-state index is 6.58. The van der Waals surface area contributed by atoms with Crippen molar-refractivity contribution in [1.82, 2.24) is 0 Å². The summed E-state index contributed by atoms with van der Waals surface area (Å²) in [7, 11) is 0. The van der Waals surface area contributed by atoms with Gasteiger partial charge in [0, 0.05) is 361 Å². The van der Waals surface area contributed by atoms with Crippen LogP contribution in [0.1, 0.15) is 0 Å². The third-order valence-electron chi connectivity index (χ3n) is 5.15. The summed E-state index contributed by atoms with van der Waals surface area (Å²) in [4.78, 5) is 0. The minimum absolute atomic E-state index is 1.87. The largest absolute Gasteiger partial charge is 0.358 e. The van der Waals surface area contributed by atoms with Crippen LogP contribution >= 0.6 is 0 Å². The molecular weight excluding hydrogens is 1020 g/mol. The quantitative estimate of drug-likeness (QED) is 0.246. The zero-order valence-electron chi connectivity index (χ0n) is 42.7. The minimum atomic E-state index is 1.87. The van der Waals surface area contributed by atoms with Crippen molar-refractivity contribution in [3.8, 4) is 491 Å². The Morgan fingerprint density at radius 2 is 0.153 bits per heavy atom. The molecule has 0 radical (unpaired) electrons. The molecule has 0 nitrogen and oxygen atoms in total. The van der Waals surface area contributed by atoms with Gasteiger partial charge < -0.3 is 6.42 Å². The Morgan fingerprint density at radius 1 is 0.0941 bits per heavy atom. The second-order valence-electron chi connectivity index (χ2n) is 10.4. The van der Waals surface area contributed by atoms with Gasteiger partial charge in [-0.1, -0.05) is 0 Å². The molecule has 0 bridgehead atoms. The zero-order chi connectivity index (χ0) is 60.7. The molecule has 0 aromatic rings. The van der Waals surface area contributed by atoms with Crippen molar-refractivity contribution >= 4 is 0 Å². The molecule has 0 aliphatic rings. The van der Waals surface area contributed by atoms with Crippen LogP contribution in [0.5, 0.6) is 0 Å². The van der Waals surface area contributed by atoms with Crippen molar-refractivity contribution in [3.63, 3.8) is 0 Å². The molecule has 0 amide bonds. The van der Waals surface area contributed by atoms with E-state index >= 15 is 0 Å². The molecule has 344 valence electrons. The molecule has 0 rings (SSSR count). The van der Waals surface area contributed by atoms with Crippen molar-refractivity contribution < 1.29 is 0 Å². The van der Waals surface area contributed by atoms with E-state index in [-0.39, 0.29) is 0 Å². The molecule has 85 heavy (non-hydrogen) atoms. The highest BCUT2D eigenvalue weighted by atomic mass is 13.7. The van der Waals surface area contributed by atoms with Crippen LogP contribution in [0.15, 0.2) is 0 Å². The third-order valence-corrected chi connectivity index (χ3v) is 5.15. The second-order valence-corrected chi connectivity index (χ2v) is 10.4. The van der Waals surface area contributed by atoms with Gasteiger partial charge in [-0.15, -0.1) is 11.8 Å². The molecule has 0 aliphatic carbocycles.